The van der Waals surface area contributed by atoms with E-state index in [1.807, 2.05) is 12.1 Å². The molecule has 1 aromatic rings. The molecule has 1 aliphatic rings. The van der Waals surface area contributed by atoms with Crippen LogP contribution in [0, 0.1) is 0 Å². The summed E-state index contributed by atoms with van der Waals surface area (Å²) in [5, 5.41) is 3.22. The van der Waals surface area contributed by atoms with Crippen molar-refractivity contribution in [1.82, 2.24) is 0 Å². The Morgan fingerprint density at radius 1 is 1.38 bits per heavy atom. The highest BCUT2D eigenvalue weighted by Crippen LogP contribution is 2.29. The maximum Gasteiger partial charge on any atom is 0.211 e. The van der Waals surface area contributed by atoms with Crippen LogP contribution < -0.4 is 10.2 Å². The van der Waals surface area contributed by atoms with Gasteiger partial charge in [-0.05, 0) is 18.2 Å². The van der Waals surface area contributed by atoms with Crippen molar-refractivity contribution in [2.45, 2.75) is 0 Å². The smallest absolute Gasteiger partial charge is 0.211 e. The maximum absolute atomic E-state index is 10.3. The van der Waals surface area contributed by atoms with E-state index in [2.05, 4.69) is 10.2 Å². The molecular formula is C11H13ClN2O2. The highest BCUT2D eigenvalue weighted by Gasteiger charge is 2.14. The zero-order valence-electron chi connectivity index (χ0n) is 8.78. The van der Waals surface area contributed by atoms with Crippen molar-refractivity contribution in [3.05, 3.63) is 23.2 Å². The molecule has 0 radical (unpaired) electrons. The largest absolute Gasteiger partial charge is 0.378 e. The van der Waals surface area contributed by atoms with Crippen molar-refractivity contribution < 1.29 is 9.53 Å². The van der Waals surface area contributed by atoms with Gasteiger partial charge in [0, 0.05) is 18.8 Å². The van der Waals surface area contributed by atoms with E-state index in [0.29, 0.717) is 17.1 Å². The molecule has 1 aromatic carbocycles. The van der Waals surface area contributed by atoms with Crippen LogP contribution in [0.2, 0.25) is 5.02 Å². The van der Waals surface area contributed by atoms with Crippen molar-refractivity contribution in [3.8, 4) is 0 Å². The van der Waals surface area contributed by atoms with Gasteiger partial charge < -0.3 is 15.0 Å². The molecule has 2 rings (SSSR count). The predicted molar refractivity (Wildman–Crippen MR) is 64.2 cm³/mol. The fourth-order valence-electron chi connectivity index (χ4n) is 1.73. The number of nitrogens with zero attached hydrogens (tertiary/aromatic N) is 1. The number of benzene rings is 1. The van der Waals surface area contributed by atoms with E-state index in [1.54, 1.807) is 6.07 Å². The molecule has 0 aromatic heterocycles. The van der Waals surface area contributed by atoms with Crippen LogP contribution in [-0.2, 0) is 9.53 Å². The van der Waals surface area contributed by atoms with Crippen LogP contribution in [0.4, 0.5) is 11.4 Å². The van der Waals surface area contributed by atoms with E-state index in [0.717, 1.165) is 32.0 Å². The average Bonchev–Trinajstić information content (AvgIpc) is 2.31. The number of carbonyl (C=O) groups excluding carboxylic acids is 1. The number of nitrogens with one attached hydrogen (secondary N) is 1. The normalized spacial score (nSPS) is 15.9. The predicted octanol–water partition coefficient (Wildman–Crippen LogP) is 1.74. The summed E-state index contributed by atoms with van der Waals surface area (Å²) >= 11 is 6.16. The molecule has 16 heavy (non-hydrogen) atoms. The molecule has 1 N–H and O–H groups in total. The number of amides is 1. The maximum atomic E-state index is 10.3. The minimum atomic E-state index is 0.639. The molecule has 1 saturated heterocycles. The summed E-state index contributed by atoms with van der Waals surface area (Å²) in [5.41, 5.74) is 1.69. The molecular weight excluding hydrogens is 228 g/mol. The summed E-state index contributed by atoms with van der Waals surface area (Å²) < 4.78 is 5.28. The molecule has 0 saturated carbocycles. The van der Waals surface area contributed by atoms with Gasteiger partial charge in [-0.1, -0.05) is 11.6 Å². The fourth-order valence-corrected chi connectivity index (χ4v) is 2.03. The third kappa shape index (κ3) is 2.46. The first-order valence-electron chi connectivity index (χ1n) is 5.13. The Morgan fingerprint density at radius 3 is 2.75 bits per heavy atom. The van der Waals surface area contributed by atoms with E-state index in [-0.39, 0.29) is 0 Å². The summed E-state index contributed by atoms with van der Waals surface area (Å²) in [6.45, 7) is 3.15. The Balaban J connectivity index is 2.17. The Morgan fingerprint density at radius 2 is 2.12 bits per heavy atom. The van der Waals surface area contributed by atoms with Gasteiger partial charge in [0.15, 0.2) is 0 Å². The van der Waals surface area contributed by atoms with E-state index in [4.69, 9.17) is 16.3 Å². The summed E-state index contributed by atoms with van der Waals surface area (Å²) in [6, 6.07) is 5.51. The third-order valence-electron chi connectivity index (χ3n) is 2.53. The van der Waals surface area contributed by atoms with Crippen LogP contribution in [0.3, 0.4) is 0 Å². The lowest BCUT2D eigenvalue weighted by Gasteiger charge is -2.29. The second-order valence-electron chi connectivity index (χ2n) is 3.53. The number of hydrogen-bond acceptors (Lipinski definition) is 3. The molecule has 1 amide bonds. The first-order valence-corrected chi connectivity index (χ1v) is 5.51. The lowest BCUT2D eigenvalue weighted by molar-refractivity contribution is -0.105. The Labute approximate surface area is 99.1 Å². The highest BCUT2D eigenvalue weighted by atomic mass is 35.5. The van der Waals surface area contributed by atoms with E-state index >= 15 is 0 Å². The molecule has 0 aliphatic carbocycles. The standard InChI is InChI=1S/C11H13ClN2O2/c12-10-7-9(13-8-15)1-2-11(10)14-3-5-16-6-4-14/h1-2,7-8H,3-6H2,(H,13,15). The first kappa shape index (κ1) is 11.2. The molecule has 4 nitrogen and oxygen atoms in total. The number of hydrogen-bond donors (Lipinski definition) is 1. The summed E-state index contributed by atoms with van der Waals surface area (Å²) in [4.78, 5) is 12.5. The molecule has 1 fully saturated rings. The van der Waals surface area contributed by atoms with Gasteiger partial charge in [0.2, 0.25) is 6.41 Å². The molecule has 0 unspecified atom stereocenters. The van der Waals surface area contributed by atoms with Gasteiger partial charge >= 0.3 is 0 Å². The molecule has 1 heterocycles. The van der Waals surface area contributed by atoms with Gasteiger partial charge in [-0.15, -0.1) is 0 Å². The van der Waals surface area contributed by atoms with Gasteiger partial charge in [-0.25, -0.2) is 0 Å². The zero-order chi connectivity index (χ0) is 11.4. The Hall–Kier alpha value is -1.26. The monoisotopic (exact) mass is 240 g/mol. The second-order valence-corrected chi connectivity index (χ2v) is 3.94. The zero-order valence-corrected chi connectivity index (χ0v) is 9.54. The first-order chi connectivity index (χ1) is 7.81. The average molecular weight is 241 g/mol. The van der Waals surface area contributed by atoms with E-state index < -0.39 is 0 Å². The van der Waals surface area contributed by atoms with Gasteiger partial charge in [0.25, 0.3) is 0 Å². The summed E-state index contributed by atoms with van der Waals surface area (Å²) in [7, 11) is 0. The highest BCUT2D eigenvalue weighted by molar-refractivity contribution is 6.33. The quantitative estimate of drug-likeness (QED) is 0.819. The second kappa shape index (κ2) is 5.18. The molecule has 0 bridgehead atoms. The molecule has 0 spiro atoms. The van der Waals surface area contributed by atoms with Crippen LogP contribution in [0.25, 0.3) is 0 Å². The van der Waals surface area contributed by atoms with Crippen molar-refractivity contribution in [2.24, 2.45) is 0 Å². The molecule has 86 valence electrons. The van der Waals surface area contributed by atoms with Crippen LogP contribution in [-0.4, -0.2) is 32.7 Å². The van der Waals surface area contributed by atoms with Crippen LogP contribution in [0.1, 0.15) is 0 Å². The van der Waals surface area contributed by atoms with Crippen LogP contribution >= 0.6 is 11.6 Å². The summed E-state index contributed by atoms with van der Waals surface area (Å²) in [5.74, 6) is 0. The SMILES string of the molecule is O=CNc1ccc(N2CCOCC2)c(Cl)c1. The molecule has 0 atom stereocenters. The summed E-state index contributed by atoms with van der Waals surface area (Å²) in [6.07, 6.45) is 0.639. The minimum Gasteiger partial charge on any atom is -0.378 e. The van der Waals surface area contributed by atoms with Crippen LogP contribution in [0.15, 0.2) is 18.2 Å². The topological polar surface area (TPSA) is 41.6 Å². The van der Waals surface area contributed by atoms with Crippen LogP contribution in [0.5, 0.6) is 0 Å². The fraction of sp³-hybridized carbons (Fsp3) is 0.364. The Kier molecular flexibility index (Phi) is 3.64. The minimum absolute atomic E-state index is 0.639. The number of carbonyl (C=O) groups is 1. The van der Waals surface area contributed by atoms with Crippen molar-refractivity contribution in [2.75, 3.05) is 36.5 Å². The number of morpholine rings is 1. The van der Waals surface area contributed by atoms with Crippen molar-refractivity contribution in [1.29, 1.82) is 0 Å². The third-order valence-corrected chi connectivity index (χ3v) is 2.83. The van der Waals surface area contributed by atoms with Crippen molar-refractivity contribution in [3.63, 3.8) is 0 Å². The lowest BCUT2D eigenvalue weighted by Crippen LogP contribution is -2.36. The van der Waals surface area contributed by atoms with Gasteiger partial charge in [-0.2, -0.15) is 0 Å². The van der Waals surface area contributed by atoms with Gasteiger partial charge in [0.1, 0.15) is 0 Å². The van der Waals surface area contributed by atoms with E-state index in [9.17, 15) is 4.79 Å². The van der Waals surface area contributed by atoms with Gasteiger partial charge in [0.05, 0.1) is 23.9 Å². The Bertz CT molecular complexity index is 378. The van der Waals surface area contributed by atoms with E-state index in [1.165, 1.54) is 0 Å². The number of anilines is 2. The number of ether oxygens (including phenoxy) is 1. The number of rotatable bonds is 3. The molecule has 1 aliphatic heterocycles. The lowest BCUT2D eigenvalue weighted by atomic mass is 10.2. The van der Waals surface area contributed by atoms with Gasteiger partial charge in [-0.3, -0.25) is 4.79 Å². The molecule has 5 heteroatoms. The number of halogens is 1. The van der Waals surface area contributed by atoms with Crippen molar-refractivity contribution >= 4 is 29.4 Å².